The van der Waals surface area contributed by atoms with Gasteiger partial charge in [-0.25, -0.2) is 8.78 Å². The van der Waals surface area contributed by atoms with Crippen LogP contribution in [-0.2, 0) is 0 Å². The number of aromatic nitrogens is 1. The Hall–Kier alpha value is -2.51. The summed E-state index contributed by atoms with van der Waals surface area (Å²) in [6.07, 6.45) is 1.11. The van der Waals surface area contributed by atoms with Crippen LogP contribution in [0.1, 0.15) is 0 Å². The molecule has 0 aliphatic rings. The number of nitro benzene ring substituents is 1. The summed E-state index contributed by atoms with van der Waals surface area (Å²) in [4.78, 5) is 9.84. The molecule has 0 amide bonds. The maximum absolute atomic E-state index is 13.0. The molecule has 0 unspecified atom stereocenters. The van der Waals surface area contributed by atoms with E-state index < -0.39 is 22.2 Å². The van der Waals surface area contributed by atoms with Crippen molar-refractivity contribution < 1.29 is 18.2 Å². The van der Waals surface area contributed by atoms with Crippen molar-refractivity contribution in [2.45, 2.75) is 0 Å². The lowest BCUT2D eigenvalue weighted by Gasteiger charge is -2.01. The Balaban J connectivity index is 2.72. The second-order valence-corrected chi connectivity index (χ2v) is 3.15. The smallest absolute Gasteiger partial charge is 0.283 e. The van der Waals surface area contributed by atoms with Crippen molar-refractivity contribution in [2.24, 2.45) is 0 Å². The summed E-state index contributed by atoms with van der Waals surface area (Å²) >= 11 is 0. The first kappa shape index (κ1) is 11.0. The fourth-order valence-corrected chi connectivity index (χ4v) is 1.32. The van der Waals surface area contributed by atoms with Crippen LogP contribution in [0.5, 0.6) is 0 Å². The van der Waals surface area contributed by atoms with Crippen molar-refractivity contribution in [1.82, 2.24) is 5.16 Å². The van der Waals surface area contributed by atoms with Gasteiger partial charge in [-0.3, -0.25) is 10.1 Å². The van der Waals surface area contributed by atoms with E-state index in [0.717, 1.165) is 6.20 Å². The lowest BCUT2D eigenvalue weighted by Crippen LogP contribution is -1.96. The Bertz CT molecular complexity index is 597. The molecule has 0 saturated carbocycles. The average Bonchev–Trinajstić information content (AvgIpc) is 2.67. The zero-order chi connectivity index (χ0) is 12.6. The average molecular weight is 241 g/mol. The third kappa shape index (κ3) is 1.80. The molecule has 0 saturated heterocycles. The van der Waals surface area contributed by atoms with Gasteiger partial charge in [0.05, 0.1) is 17.2 Å². The van der Waals surface area contributed by atoms with Crippen molar-refractivity contribution in [1.29, 1.82) is 0 Å². The molecule has 0 radical (unpaired) electrons. The largest absolute Gasteiger partial charge is 0.394 e. The number of benzene rings is 1. The Labute approximate surface area is 92.8 Å². The molecule has 1 aromatic heterocycles. The number of nitrogens with zero attached hydrogens (tertiary/aromatic N) is 2. The number of nitrogen functional groups attached to an aromatic ring is 1. The van der Waals surface area contributed by atoms with Gasteiger partial charge in [-0.1, -0.05) is 5.16 Å². The molecule has 2 rings (SSSR count). The Morgan fingerprint density at radius 3 is 2.53 bits per heavy atom. The maximum atomic E-state index is 13.0. The van der Waals surface area contributed by atoms with Crippen LogP contribution < -0.4 is 5.73 Å². The molecule has 2 aromatic rings. The van der Waals surface area contributed by atoms with Crippen molar-refractivity contribution in [3.8, 4) is 11.3 Å². The third-order valence-electron chi connectivity index (χ3n) is 2.08. The van der Waals surface area contributed by atoms with Crippen molar-refractivity contribution in [3.63, 3.8) is 0 Å². The lowest BCUT2D eigenvalue weighted by molar-refractivity contribution is -0.384. The van der Waals surface area contributed by atoms with Gasteiger partial charge in [0.2, 0.25) is 0 Å². The molecule has 0 aliphatic carbocycles. The molecule has 1 heterocycles. The number of anilines is 1. The van der Waals surface area contributed by atoms with Gasteiger partial charge in [0.1, 0.15) is 11.3 Å². The van der Waals surface area contributed by atoms with Crippen LogP contribution in [0.25, 0.3) is 11.3 Å². The second kappa shape index (κ2) is 3.81. The summed E-state index contributed by atoms with van der Waals surface area (Å²) in [5.74, 6) is -2.73. The van der Waals surface area contributed by atoms with Gasteiger partial charge in [-0.15, -0.1) is 0 Å². The van der Waals surface area contributed by atoms with Gasteiger partial charge in [-0.2, -0.15) is 0 Å². The van der Waals surface area contributed by atoms with Gasteiger partial charge >= 0.3 is 0 Å². The normalized spacial score (nSPS) is 10.5. The van der Waals surface area contributed by atoms with Gasteiger partial charge in [0.25, 0.3) is 5.69 Å². The van der Waals surface area contributed by atoms with E-state index in [1.165, 1.54) is 0 Å². The monoisotopic (exact) mass is 241 g/mol. The lowest BCUT2D eigenvalue weighted by atomic mass is 10.1. The Kier molecular flexibility index (Phi) is 2.47. The fraction of sp³-hybridized carbons (Fsp3) is 0. The fourth-order valence-electron chi connectivity index (χ4n) is 1.32. The van der Waals surface area contributed by atoms with Crippen LogP contribution in [0.3, 0.4) is 0 Å². The zero-order valence-corrected chi connectivity index (χ0v) is 8.18. The number of nitrogens with two attached hydrogens (primary N) is 1. The quantitative estimate of drug-likeness (QED) is 0.641. The highest BCUT2D eigenvalue weighted by Gasteiger charge is 2.24. The number of hydrogen-bond acceptors (Lipinski definition) is 5. The summed E-state index contributed by atoms with van der Waals surface area (Å²) in [5, 5.41) is 14.0. The highest BCUT2D eigenvalue weighted by Crippen LogP contribution is 2.34. The van der Waals surface area contributed by atoms with Crippen molar-refractivity contribution >= 4 is 11.4 Å². The van der Waals surface area contributed by atoms with Gasteiger partial charge in [-0.05, 0) is 6.07 Å². The Morgan fingerprint density at radius 1 is 1.35 bits per heavy atom. The maximum Gasteiger partial charge on any atom is 0.283 e. The van der Waals surface area contributed by atoms with Crippen LogP contribution in [0.2, 0.25) is 0 Å². The first-order valence-corrected chi connectivity index (χ1v) is 4.34. The number of hydrogen-bond donors (Lipinski definition) is 1. The molecule has 17 heavy (non-hydrogen) atoms. The molecule has 0 spiro atoms. The van der Waals surface area contributed by atoms with Crippen LogP contribution in [0.15, 0.2) is 22.9 Å². The van der Waals surface area contributed by atoms with E-state index in [1.807, 2.05) is 0 Å². The minimum Gasteiger partial charge on any atom is -0.394 e. The molecule has 0 aliphatic heterocycles. The van der Waals surface area contributed by atoms with E-state index >= 15 is 0 Å². The van der Waals surface area contributed by atoms with E-state index in [0.29, 0.717) is 12.1 Å². The molecule has 6 nitrogen and oxygen atoms in total. The minimum atomic E-state index is -1.32. The van der Waals surface area contributed by atoms with Crippen molar-refractivity contribution in [2.75, 3.05) is 5.73 Å². The predicted molar refractivity (Wildman–Crippen MR) is 52.9 cm³/mol. The van der Waals surface area contributed by atoms with Gasteiger partial charge in [0.15, 0.2) is 17.4 Å². The van der Waals surface area contributed by atoms with Gasteiger partial charge in [0, 0.05) is 0 Å². The van der Waals surface area contributed by atoms with Crippen LogP contribution in [-0.4, -0.2) is 10.1 Å². The number of nitro groups is 1. The van der Waals surface area contributed by atoms with Crippen LogP contribution in [0.4, 0.5) is 20.2 Å². The SMILES string of the molecule is Nc1cnoc1-c1cc(F)c(F)cc1[N+](=O)[O-]. The van der Waals surface area contributed by atoms with Crippen LogP contribution in [0, 0.1) is 21.7 Å². The van der Waals surface area contributed by atoms with E-state index in [2.05, 4.69) is 9.68 Å². The zero-order valence-electron chi connectivity index (χ0n) is 8.18. The molecule has 0 fully saturated rings. The highest BCUT2D eigenvalue weighted by molar-refractivity contribution is 5.77. The van der Waals surface area contributed by atoms with Gasteiger partial charge < -0.3 is 10.3 Å². The summed E-state index contributed by atoms with van der Waals surface area (Å²) in [5.41, 5.74) is 4.53. The Morgan fingerprint density at radius 2 is 2.00 bits per heavy atom. The molecular formula is C9H5F2N3O3. The molecule has 2 N–H and O–H groups in total. The minimum absolute atomic E-state index is 0.000826. The molecule has 88 valence electrons. The van der Waals surface area contributed by atoms with E-state index in [1.54, 1.807) is 0 Å². The first-order chi connectivity index (χ1) is 8.00. The first-order valence-electron chi connectivity index (χ1n) is 4.34. The number of rotatable bonds is 2. The number of halogens is 2. The summed E-state index contributed by atoms with van der Waals surface area (Å²) in [6.45, 7) is 0. The third-order valence-corrected chi connectivity index (χ3v) is 2.08. The summed E-state index contributed by atoms with van der Waals surface area (Å²) < 4.78 is 30.6. The second-order valence-electron chi connectivity index (χ2n) is 3.15. The van der Waals surface area contributed by atoms with Crippen molar-refractivity contribution in [3.05, 3.63) is 40.1 Å². The standard InChI is InChI=1S/C9H5F2N3O3/c10-5-1-4(9-7(12)3-13-17-9)8(14(15)16)2-6(5)11/h1-3H,12H2. The topological polar surface area (TPSA) is 95.2 Å². The predicted octanol–water partition coefficient (Wildman–Crippen LogP) is 2.11. The van der Waals surface area contributed by atoms with E-state index in [9.17, 15) is 18.9 Å². The molecular weight excluding hydrogens is 236 g/mol. The summed E-state index contributed by atoms with van der Waals surface area (Å²) in [7, 11) is 0. The molecule has 8 heteroatoms. The van der Waals surface area contributed by atoms with Crippen LogP contribution >= 0.6 is 0 Å². The molecule has 0 atom stereocenters. The van der Waals surface area contributed by atoms with E-state index in [-0.39, 0.29) is 17.0 Å². The highest BCUT2D eigenvalue weighted by atomic mass is 19.2. The molecule has 0 bridgehead atoms. The summed E-state index contributed by atoms with van der Waals surface area (Å²) in [6, 6.07) is 1.11. The van der Waals surface area contributed by atoms with E-state index in [4.69, 9.17) is 5.73 Å². The molecule has 1 aromatic carbocycles.